The SMILES string of the molecule is O=C(O)c1cc(Cl)cc2c1N[C@H](c1cccc(C(F)(F)F)c1)[C@H]1[C@H]3CC[C@@H](C3)[C@@H]21. The molecule has 2 aromatic carbocycles. The molecule has 2 saturated carbocycles. The monoisotopic (exact) mass is 421 g/mol. The third-order valence-electron chi connectivity index (χ3n) is 6.96. The van der Waals surface area contributed by atoms with Crippen molar-refractivity contribution in [3.63, 3.8) is 0 Å². The maximum atomic E-state index is 13.3. The van der Waals surface area contributed by atoms with Gasteiger partial charge < -0.3 is 10.4 Å². The molecule has 3 aliphatic rings. The summed E-state index contributed by atoms with van der Waals surface area (Å²) >= 11 is 6.23. The summed E-state index contributed by atoms with van der Waals surface area (Å²) in [6.07, 6.45) is -1.27. The molecule has 2 aromatic rings. The summed E-state index contributed by atoms with van der Waals surface area (Å²) in [6.45, 7) is 0. The van der Waals surface area contributed by atoms with Gasteiger partial charge in [0.25, 0.3) is 0 Å². The van der Waals surface area contributed by atoms with Gasteiger partial charge in [-0.1, -0.05) is 23.7 Å². The summed E-state index contributed by atoms with van der Waals surface area (Å²) in [7, 11) is 0. The van der Waals surface area contributed by atoms with Gasteiger partial charge >= 0.3 is 12.1 Å². The molecule has 0 amide bonds. The molecule has 0 unspecified atom stereocenters. The molecule has 152 valence electrons. The van der Waals surface area contributed by atoms with E-state index in [1.54, 1.807) is 6.07 Å². The Bertz CT molecular complexity index is 1010. The van der Waals surface area contributed by atoms with E-state index in [4.69, 9.17) is 11.6 Å². The Morgan fingerprint density at radius 3 is 2.62 bits per heavy atom. The molecule has 5 atom stereocenters. The molecule has 0 spiro atoms. The van der Waals surface area contributed by atoms with E-state index >= 15 is 0 Å². The van der Waals surface area contributed by atoms with E-state index in [2.05, 4.69) is 5.32 Å². The Hall–Kier alpha value is -2.21. The van der Waals surface area contributed by atoms with Crippen LogP contribution in [0.25, 0.3) is 0 Å². The predicted octanol–water partition coefficient (Wildman–Crippen LogP) is 6.35. The van der Waals surface area contributed by atoms with Gasteiger partial charge in [0.15, 0.2) is 0 Å². The topological polar surface area (TPSA) is 49.3 Å². The summed E-state index contributed by atoms with van der Waals surface area (Å²) in [4.78, 5) is 11.9. The van der Waals surface area contributed by atoms with Crippen LogP contribution in [-0.4, -0.2) is 11.1 Å². The summed E-state index contributed by atoms with van der Waals surface area (Å²) in [6, 6.07) is 8.28. The first kappa shape index (κ1) is 18.8. The number of benzene rings is 2. The van der Waals surface area contributed by atoms with Crippen LogP contribution in [0.5, 0.6) is 0 Å². The highest BCUT2D eigenvalue weighted by molar-refractivity contribution is 6.31. The molecule has 0 aromatic heterocycles. The largest absolute Gasteiger partial charge is 0.478 e. The molecule has 7 heteroatoms. The van der Waals surface area contributed by atoms with E-state index in [1.165, 1.54) is 18.2 Å². The highest BCUT2D eigenvalue weighted by atomic mass is 35.5. The van der Waals surface area contributed by atoms with Crippen molar-refractivity contribution in [2.24, 2.45) is 17.8 Å². The van der Waals surface area contributed by atoms with Crippen molar-refractivity contribution in [3.05, 3.63) is 63.7 Å². The van der Waals surface area contributed by atoms with Crippen LogP contribution in [0.1, 0.15) is 58.3 Å². The van der Waals surface area contributed by atoms with E-state index in [9.17, 15) is 23.1 Å². The number of hydrogen-bond donors (Lipinski definition) is 2. The smallest absolute Gasteiger partial charge is 0.416 e. The normalized spacial score (nSPS) is 29.9. The molecule has 1 aliphatic heterocycles. The minimum Gasteiger partial charge on any atom is -0.478 e. The van der Waals surface area contributed by atoms with Crippen LogP contribution in [0.15, 0.2) is 36.4 Å². The number of carboxylic acid groups (broad SMARTS) is 1. The first-order valence-corrected chi connectivity index (χ1v) is 10.1. The predicted molar refractivity (Wildman–Crippen MR) is 103 cm³/mol. The van der Waals surface area contributed by atoms with Crippen LogP contribution in [0, 0.1) is 17.8 Å². The van der Waals surface area contributed by atoms with Gasteiger partial charge in [-0.3, -0.25) is 0 Å². The zero-order valence-corrected chi connectivity index (χ0v) is 16.1. The molecule has 0 saturated heterocycles. The Morgan fingerprint density at radius 2 is 1.90 bits per heavy atom. The number of hydrogen-bond acceptors (Lipinski definition) is 2. The number of carboxylic acids is 1. The zero-order valence-electron chi connectivity index (χ0n) is 15.3. The lowest BCUT2D eigenvalue weighted by Gasteiger charge is -2.44. The minimum atomic E-state index is -4.42. The molecule has 2 bridgehead atoms. The highest BCUT2D eigenvalue weighted by Gasteiger charge is 2.54. The average Bonchev–Trinajstić information content (AvgIpc) is 3.28. The van der Waals surface area contributed by atoms with Crippen molar-refractivity contribution in [1.29, 1.82) is 0 Å². The second-order valence-corrected chi connectivity index (χ2v) is 8.84. The molecule has 2 fully saturated rings. The van der Waals surface area contributed by atoms with Gasteiger partial charge in [-0.2, -0.15) is 13.2 Å². The summed E-state index contributed by atoms with van der Waals surface area (Å²) in [5, 5.41) is 13.4. The van der Waals surface area contributed by atoms with Gasteiger partial charge in [0.2, 0.25) is 0 Å². The second kappa shape index (κ2) is 6.39. The van der Waals surface area contributed by atoms with E-state index in [1.807, 2.05) is 6.07 Å². The molecule has 5 rings (SSSR count). The zero-order chi connectivity index (χ0) is 20.5. The average molecular weight is 422 g/mol. The third-order valence-corrected chi connectivity index (χ3v) is 7.18. The van der Waals surface area contributed by atoms with Gasteiger partial charge in [0, 0.05) is 5.02 Å². The lowest BCUT2D eigenvalue weighted by atomic mass is 9.67. The Kier molecular flexibility index (Phi) is 4.14. The van der Waals surface area contributed by atoms with Crippen molar-refractivity contribution in [2.75, 3.05) is 5.32 Å². The van der Waals surface area contributed by atoms with Crippen LogP contribution >= 0.6 is 11.6 Å². The fraction of sp³-hybridized carbons (Fsp3) is 0.409. The maximum Gasteiger partial charge on any atom is 0.416 e. The summed E-state index contributed by atoms with van der Waals surface area (Å²) in [5.74, 6) is -0.0245. The molecule has 29 heavy (non-hydrogen) atoms. The first-order chi connectivity index (χ1) is 13.7. The number of carbonyl (C=O) groups is 1. The van der Waals surface area contributed by atoms with Gasteiger partial charge in [-0.25, -0.2) is 4.79 Å². The Balaban J connectivity index is 1.67. The number of halogens is 4. The van der Waals surface area contributed by atoms with Gasteiger partial charge in [0.05, 0.1) is 22.9 Å². The highest BCUT2D eigenvalue weighted by Crippen LogP contribution is 2.64. The van der Waals surface area contributed by atoms with Crippen molar-refractivity contribution in [1.82, 2.24) is 0 Å². The summed E-state index contributed by atoms with van der Waals surface area (Å²) in [5.41, 5.74) is 1.34. The first-order valence-electron chi connectivity index (χ1n) is 9.74. The van der Waals surface area contributed by atoms with Crippen molar-refractivity contribution >= 4 is 23.3 Å². The molecule has 3 nitrogen and oxygen atoms in total. The lowest BCUT2D eigenvalue weighted by Crippen LogP contribution is -2.36. The third kappa shape index (κ3) is 2.91. The van der Waals surface area contributed by atoms with Crippen LogP contribution < -0.4 is 5.32 Å². The molecule has 2 aliphatic carbocycles. The van der Waals surface area contributed by atoms with Crippen LogP contribution in [0.2, 0.25) is 5.02 Å². The van der Waals surface area contributed by atoms with Crippen molar-refractivity contribution in [2.45, 2.75) is 37.4 Å². The van der Waals surface area contributed by atoms with E-state index < -0.39 is 17.7 Å². The fourth-order valence-electron chi connectivity index (χ4n) is 5.96. The molecular formula is C22H19ClF3NO2. The van der Waals surface area contributed by atoms with E-state index in [0.29, 0.717) is 28.1 Å². The van der Waals surface area contributed by atoms with E-state index in [0.717, 1.165) is 30.9 Å². The molecule has 1 heterocycles. The van der Waals surface area contributed by atoms with Crippen LogP contribution in [0.3, 0.4) is 0 Å². The molecular weight excluding hydrogens is 403 g/mol. The minimum absolute atomic E-state index is 0.0747. The number of alkyl halides is 3. The van der Waals surface area contributed by atoms with Crippen LogP contribution in [0.4, 0.5) is 18.9 Å². The van der Waals surface area contributed by atoms with E-state index in [-0.39, 0.29) is 23.4 Å². The quantitative estimate of drug-likeness (QED) is 0.593. The Labute approximate surface area is 170 Å². The number of fused-ring (bicyclic) bond motifs is 7. The van der Waals surface area contributed by atoms with Crippen LogP contribution in [-0.2, 0) is 6.18 Å². The second-order valence-electron chi connectivity index (χ2n) is 8.40. The van der Waals surface area contributed by atoms with Gasteiger partial charge in [0.1, 0.15) is 0 Å². The standard InChI is InChI=1S/C22H19ClF3NO2/c23-14-8-15-17-10-4-5-11(6-10)18(17)19(27-20(15)16(9-14)21(28)29)12-2-1-3-13(7-12)22(24,25)26/h1-3,7-11,17-19,27H,4-6H2,(H,28,29)/t10-,11-,17-,18-,19+/m0/s1. The lowest BCUT2D eigenvalue weighted by molar-refractivity contribution is -0.137. The number of rotatable bonds is 2. The molecule has 2 N–H and O–H groups in total. The fourth-order valence-corrected chi connectivity index (χ4v) is 6.19. The molecule has 0 radical (unpaired) electrons. The number of anilines is 1. The number of nitrogens with one attached hydrogen (secondary N) is 1. The number of aromatic carboxylic acids is 1. The summed E-state index contributed by atoms with van der Waals surface area (Å²) < 4.78 is 39.9. The van der Waals surface area contributed by atoms with Crippen molar-refractivity contribution in [3.8, 4) is 0 Å². The Morgan fingerprint density at radius 1 is 1.14 bits per heavy atom. The van der Waals surface area contributed by atoms with Crippen molar-refractivity contribution < 1.29 is 23.1 Å². The maximum absolute atomic E-state index is 13.3. The van der Waals surface area contributed by atoms with Gasteiger partial charge in [-0.15, -0.1) is 0 Å². The van der Waals surface area contributed by atoms with Gasteiger partial charge in [-0.05, 0) is 78.3 Å².